The molecule has 1 aromatic rings. The van der Waals surface area contributed by atoms with Gasteiger partial charge in [0.25, 0.3) is 0 Å². The summed E-state index contributed by atoms with van der Waals surface area (Å²) in [4.78, 5) is 20.8. The Balaban J connectivity index is 2.95. The van der Waals surface area contributed by atoms with Gasteiger partial charge in [-0.05, 0) is 18.2 Å². The summed E-state index contributed by atoms with van der Waals surface area (Å²) in [6.07, 6.45) is 0. The Hall–Kier alpha value is -2.11. The summed E-state index contributed by atoms with van der Waals surface area (Å²) in [5, 5.41) is 17.0. The van der Waals surface area contributed by atoms with E-state index in [4.69, 9.17) is 10.2 Å². The highest BCUT2D eigenvalue weighted by Gasteiger charge is 2.13. The van der Waals surface area contributed by atoms with Gasteiger partial charge in [0.2, 0.25) is 0 Å². The van der Waals surface area contributed by atoms with Crippen LogP contribution in [0, 0.1) is 5.82 Å². The number of aliphatic carboxylic acids is 1. The Morgan fingerprint density at radius 1 is 1.33 bits per heavy atom. The lowest BCUT2D eigenvalue weighted by Crippen LogP contribution is -2.12. The fraction of sp³-hybridized carbons (Fsp3) is 0.111. The Labute approximate surface area is 83.7 Å². The van der Waals surface area contributed by atoms with E-state index in [0.717, 1.165) is 18.2 Å². The molecule has 0 radical (unpaired) electrons. The predicted octanol–water partition coefficient (Wildman–Crippen LogP) is 0.987. The van der Waals surface area contributed by atoms with Crippen molar-refractivity contribution < 1.29 is 28.9 Å². The molecule has 0 aliphatic rings. The van der Waals surface area contributed by atoms with E-state index in [0.29, 0.717) is 0 Å². The Morgan fingerprint density at radius 2 is 2.00 bits per heavy atom. The molecular weight excluding hydrogens is 207 g/mol. The summed E-state index contributed by atoms with van der Waals surface area (Å²) in [5.74, 6) is -3.52. The molecule has 2 N–H and O–H groups in total. The van der Waals surface area contributed by atoms with E-state index in [1.807, 2.05) is 0 Å². The standard InChI is InChI=1S/C9H7FO5/c10-5-1-2-7(15-4-8(11)12)6(3-5)9(13)14/h1-3H,4H2,(H,11,12)(H,13,14). The van der Waals surface area contributed by atoms with Crippen molar-refractivity contribution in [2.45, 2.75) is 0 Å². The van der Waals surface area contributed by atoms with Crippen molar-refractivity contribution in [1.29, 1.82) is 0 Å². The largest absolute Gasteiger partial charge is 0.481 e. The Kier molecular flexibility index (Phi) is 3.22. The van der Waals surface area contributed by atoms with Gasteiger partial charge < -0.3 is 14.9 Å². The quantitative estimate of drug-likeness (QED) is 0.780. The monoisotopic (exact) mass is 214 g/mol. The minimum Gasteiger partial charge on any atom is -0.481 e. The second-order valence-corrected chi connectivity index (χ2v) is 2.63. The molecule has 0 saturated heterocycles. The van der Waals surface area contributed by atoms with Gasteiger partial charge in [0.05, 0.1) is 0 Å². The zero-order valence-corrected chi connectivity index (χ0v) is 7.44. The minimum atomic E-state index is -1.38. The van der Waals surface area contributed by atoms with E-state index in [1.165, 1.54) is 0 Å². The summed E-state index contributed by atoms with van der Waals surface area (Å²) in [6, 6.07) is 2.82. The zero-order valence-electron chi connectivity index (χ0n) is 7.44. The van der Waals surface area contributed by atoms with Crippen LogP contribution < -0.4 is 4.74 Å². The van der Waals surface area contributed by atoms with Gasteiger partial charge in [0.1, 0.15) is 17.1 Å². The van der Waals surface area contributed by atoms with E-state index >= 15 is 0 Å². The average Bonchev–Trinajstić information content (AvgIpc) is 2.15. The van der Waals surface area contributed by atoms with E-state index in [-0.39, 0.29) is 5.75 Å². The first-order valence-corrected chi connectivity index (χ1v) is 3.88. The number of ether oxygens (including phenoxy) is 1. The smallest absolute Gasteiger partial charge is 0.341 e. The molecule has 0 aliphatic carbocycles. The summed E-state index contributed by atoms with van der Waals surface area (Å²) in [5.41, 5.74) is -0.406. The van der Waals surface area contributed by atoms with Crippen LogP contribution in [0.5, 0.6) is 5.75 Å². The van der Waals surface area contributed by atoms with Crippen molar-refractivity contribution >= 4 is 11.9 Å². The molecule has 0 unspecified atom stereocenters. The number of aromatic carboxylic acids is 1. The predicted molar refractivity (Wildman–Crippen MR) is 46.5 cm³/mol. The normalized spacial score (nSPS) is 9.67. The number of hydrogen-bond acceptors (Lipinski definition) is 3. The van der Waals surface area contributed by atoms with Crippen molar-refractivity contribution in [3.63, 3.8) is 0 Å². The molecule has 0 fully saturated rings. The molecule has 0 saturated carbocycles. The average molecular weight is 214 g/mol. The highest BCUT2D eigenvalue weighted by molar-refractivity contribution is 5.91. The van der Waals surface area contributed by atoms with E-state index in [2.05, 4.69) is 4.74 Å². The van der Waals surface area contributed by atoms with E-state index in [1.54, 1.807) is 0 Å². The van der Waals surface area contributed by atoms with Gasteiger partial charge in [-0.3, -0.25) is 0 Å². The Bertz CT molecular complexity index is 401. The van der Waals surface area contributed by atoms with Crippen LogP contribution in [0.2, 0.25) is 0 Å². The molecule has 1 rings (SSSR count). The topological polar surface area (TPSA) is 83.8 Å². The van der Waals surface area contributed by atoms with Crippen LogP contribution in [0.15, 0.2) is 18.2 Å². The van der Waals surface area contributed by atoms with Crippen LogP contribution in [0.3, 0.4) is 0 Å². The second-order valence-electron chi connectivity index (χ2n) is 2.63. The van der Waals surface area contributed by atoms with Crippen LogP contribution in [0.4, 0.5) is 4.39 Å². The summed E-state index contributed by atoms with van der Waals surface area (Å²) >= 11 is 0. The highest BCUT2D eigenvalue weighted by atomic mass is 19.1. The van der Waals surface area contributed by atoms with Crippen LogP contribution in [0.25, 0.3) is 0 Å². The Morgan fingerprint density at radius 3 is 2.53 bits per heavy atom. The van der Waals surface area contributed by atoms with Crippen molar-refractivity contribution in [3.8, 4) is 5.75 Å². The van der Waals surface area contributed by atoms with Gasteiger partial charge >= 0.3 is 11.9 Å². The van der Waals surface area contributed by atoms with Crippen molar-refractivity contribution in [2.75, 3.05) is 6.61 Å². The second kappa shape index (κ2) is 4.41. The molecule has 5 nitrogen and oxygen atoms in total. The fourth-order valence-corrected chi connectivity index (χ4v) is 0.935. The number of carboxylic acid groups (broad SMARTS) is 2. The van der Waals surface area contributed by atoms with Crippen LogP contribution >= 0.6 is 0 Å². The molecule has 0 spiro atoms. The molecule has 15 heavy (non-hydrogen) atoms. The third-order valence-electron chi connectivity index (χ3n) is 1.52. The molecule has 0 aliphatic heterocycles. The minimum absolute atomic E-state index is 0.175. The van der Waals surface area contributed by atoms with Gasteiger partial charge in [-0.1, -0.05) is 0 Å². The number of carbonyl (C=O) groups is 2. The van der Waals surface area contributed by atoms with Gasteiger partial charge in [-0.15, -0.1) is 0 Å². The molecule has 0 atom stereocenters. The summed E-state index contributed by atoms with van der Waals surface area (Å²) < 4.78 is 17.3. The van der Waals surface area contributed by atoms with Crippen LogP contribution in [-0.4, -0.2) is 28.8 Å². The van der Waals surface area contributed by atoms with Crippen molar-refractivity contribution in [3.05, 3.63) is 29.6 Å². The lowest BCUT2D eigenvalue weighted by molar-refractivity contribution is -0.139. The summed E-state index contributed by atoms with van der Waals surface area (Å²) in [6.45, 7) is -0.675. The molecule has 1 aromatic carbocycles. The third kappa shape index (κ3) is 2.94. The van der Waals surface area contributed by atoms with E-state index < -0.39 is 29.9 Å². The lowest BCUT2D eigenvalue weighted by atomic mass is 10.2. The third-order valence-corrected chi connectivity index (χ3v) is 1.52. The molecule has 80 valence electrons. The van der Waals surface area contributed by atoms with Crippen molar-refractivity contribution in [2.24, 2.45) is 0 Å². The number of rotatable bonds is 4. The maximum atomic E-state index is 12.7. The first-order chi connectivity index (χ1) is 7.00. The van der Waals surface area contributed by atoms with Gasteiger partial charge in [0.15, 0.2) is 6.61 Å². The van der Waals surface area contributed by atoms with Gasteiger partial charge in [-0.2, -0.15) is 0 Å². The number of carboxylic acids is 2. The number of benzene rings is 1. The highest BCUT2D eigenvalue weighted by Crippen LogP contribution is 2.19. The number of hydrogen-bond donors (Lipinski definition) is 2. The SMILES string of the molecule is O=C(O)COc1ccc(F)cc1C(=O)O. The van der Waals surface area contributed by atoms with Crippen LogP contribution in [0.1, 0.15) is 10.4 Å². The maximum Gasteiger partial charge on any atom is 0.341 e. The first kappa shape index (κ1) is 11.0. The molecule has 0 heterocycles. The van der Waals surface area contributed by atoms with Gasteiger partial charge in [-0.25, -0.2) is 14.0 Å². The van der Waals surface area contributed by atoms with Crippen LogP contribution in [-0.2, 0) is 4.79 Å². The first-order valence-electron chi connectivity index (χ1n) is 3.88. The zero-order chi connectivity index (χ0) is 11.4. The molecule has 6 heteroatoms. The number of halogens is 1. The molecule has 0 amide bonds. The molecule has 0 aromatic heterocycles. The lowest BCUT2D eigenvalue weighted by Gasteiger charge is -2.06. The maximum absolute atomic E-state index is 12.7. The van der Waals surface area contributed by atoms with Crippen molar-refractivity contribution in [1.82, 2.24) is 0 Å². The molecule has 0 bridgehead atoms. The summed E-state index contributed by atoms with van der Waals surface area (Å²) in [7, 11) is 0. The van der Waals surface area contributed by atoms with Gasteiger partial charge in [0, 0.05) is 0 Å². The fourth-order valence-electron chi connectivity index (χ4n) is 0.935. The molecular formula is C9H7FO5. The van der Waals surface area contributed by atoms with E-state index in [9.17, 15) is 14.0 Å².